The molecule has 5 nitrogen and oxygen atoms in total. The molecule has 0 saturated carbocycles. The lowest BCUT2D eigenvalue weighted by Crippen LogP contribution is -2.24. The minimum atomic E-state index is -0.384. The molecule has 122 valence electrons. The van der Waals surface area contributed by atoms with Gasteiger partial charge in [0, 0.05) is 6.07 Å². The number of rotatable bonds is 5. The number of carbonyl (C=O) groups is 1. The summed E-state index contributed by atoms with van der Waals surface area (Å²) in [5.41, 5.74) is 3.44. The summed E-state index contributed by atoms with van der Waals surface area (Å²) >= 11 is 13.3. The van der Waals surface area contributed by atoms with Gasteiger partial charge in [-0.05, 0) is 88.3 Å². The summed E-state index contributed by atoms with van der Waals surface area (Å²) in [6.07, 6.45) is 1.39. The van der Waals surface area contributed by atoms with Crippen LogP contribution >= 0.6 is 63.7 Å². The molecule has 1 amide bonds. The van der Waals surface area contributed by atoms with Crippen LogP contribution in [0.15, 0.2) is 45.8 Å². The van der Waals surface area contributed by atoms with E-state index in [4.69, 9.17) is 9.15 Å². The SMILES string of the molecule is Cc1cc(Br)c(OCC(=O)N/N=C/c2cc(Br)c(Br)o2)c(Br)c1. The molecule has 0 aliphatic rings. The van der Waals surface area contributed by atoms with Crippen molar-refractivity contribution < 1.29 is 13.9 Å². The Morgan fingerprint density at radius 3 is 2.43 bits per heavy atom. The fourth-order valence-corrected chi connectivity index (χ4v) is 3.84. The number of nitrogens with one attached hydrogen (secondary N) is 1. The summed E-state index contributed by atoms with van der Waals surface area (Å²) < 4.78 is 13.6. The molecule has 1 heterocycles. The monoisotopic (exact) mass is 570 g/mol. The van der Waals surface area contributed by atoms with Crippen LogP contribution in [0.1, 0.15) is 11.3 Å². The molecule has 0 fully saturated rings. The number of hydrogen-bond acceptors (Lipinski definition) is 4. The number of halogens is 4. The second-order valence-corrected chi connectivity index (χ2v) is 7.69. The first kappa shape index (κ1) is 18.7. The van der Waals surface area contributed by atoms with E-state index in [0.29, 0.717) is 16.2 Å². The van der Waals surface area contributed by atoms with Gasteiger partial charge in [-0.15, -0.1) is 0 Å². The molecule has 1 N–H and O–H groups in total. The molecular weight excluding hydrogens is 564 g/mol. The highest BCUT2D eigenvalue weighted by atomic mass is 79.9. The zero-order valence-electron chi connectivity index (χ0n) is 11.7. The fraction of sp³-hybridized carbons (Fsp3) is 0.143. The van der Waals surface area contributed by atoms with Crippen molar-refractivity contribution in [3.05, 3.63) is 47.6 Å². The largest absolute Gasteiger partial charge is 0.481 e. The fourth-order valence-electron chi connectivity index (χ4n) is 1.59. The van der Waals surface area contributed by atoms with E-state index in [9.17, 15) is 4.79 Å². The number of ether oxygens (including phenoxy) is 1. The highest BCUT2D eigenvalue weighted by Gasteiger charge is 2.10. The molecule has 0 radical (unpaired) electrons. The first-order chi connectivity index (χ1) is 10.9. The van der Waals surface area contributed by atoms with Crippen LogP contribution < -0.4 is 10.2 Å². The van der Waals surface area contributed by atoms with Crippen molar-refractivity contribution >= 4 is 75.8 Å². The third-order valence-electron chi connectivity index (χ3n) is 2.54. The van der Waals surface area contributed by atoms with Gasteiger partial charge in [-0.1, -0.05) is 0 Å². The summed E-state index contributed by atoms with van der Waals surface area (Å²) in [5, 5.41) is 3.80. The average molecular weight is 574 g/mol. The highest BCUT2D eigenvalue weighted by Crippen LogP contribution is 2.34. The lowest BCUT2D eigenvalue weighted by Gasteiger charge is -2.10. The van der Waals surface area contributed by atoms with Crippen molar-refractivity contribution in [3.63, 3.8) is 0 Å². The van der Waals surface area contributed by atoms with Crippen molar-refractivity contribution in [2.24, 2.45) is 5.10 Å². The van der Waals surface area contributed by atoms with Crippen LogP contribution in [0.3, 0.4) is 0 Å². The summed E-state index contributed by atoms with van der Waals surface area (Å²) in [7, 11) is 0. The maximum absolute atomic E-state index is 11.7. The van der Waals surface area contributed by atoms with Gasteiger partial charge in [0.05, 0.1) is 19.6 Å². The van der Waals surface area contributed by atoms with E-state index < -0.39 is 0 Å². The molecular formula is C14H10Br4N2O3. The smallest absolute Gasteiger partial charge is 0.277 e. The first-order valence-corrected chi connectivity index (χ1v) is 9.39. The lowest BCUT2D eigenvalue weighted by molar-refractivity contribution is -0.123. The van der Waals surface area contributed by atoms with E-state index in [-0.39, 0.29) is 12.5 Å². The van der Waals surface area contributed by atoms with Crippen molar-refractivity contribution in [3.8, 4) is 5.75 Å². The van der Waals surface area contributed by atoms with E-state index in [1.807, 2.05) is 19.1 Å². The summed E-state index contributed by atoms with van der Waals surface area (Å²) in [6.45, 7) is 1.80. The molecule has 2 rings (SSSR count). The number of hydrogen-bond donors (Lipinski definition) is 1. The van der Waals surface area contributed by atoms with E-state index in [2.05, 4.69) is 74.2 Å². The molecule has 23 heavy (non-hydrogen) atoms. The number of benzene rings is 1. The van der Waals surface area contributed by atoms with Gasteiger partial charge >= 0.3 is 0 Å². The van der Waals surface area contributed by atoms with Crippen LogP contribution in [0.4, 0.5) is 0 Å². The zero-order valence-corrected chi connectivity index (χ0v) is 18.0. The van der Waals surface area contributed by atoms with Crippen molar-refractivity contribution in [1.82, 2.24) is 5.43 Å². The quantitative estimate of drug-likeness (QED) is 0.397. The summed E-state index contributed by atoms with van der Waals surface area (Å²) in [6, 6.07) is 5.53. The van der Waals surface area contributed by atoms with Gasteiger partial charge in [0.15, 0.2) is 11.3 Å². The Kier molecular flexibility index (Phi) is 6.87. The predicted molar refractivity (Wildman–Crippen MR) is 102 cm³/mol. The van der Waals surface area contributed by atoms with Crippen molar-refractivity contribution in [1.29, 1.82) is 0 Å². The maximum atomic E-state index is 11.7. The first-order valence-electron chi connectivity index (χ1n) is 6.22. The van der Waals surface area contributed by atoms with Crippen LogP contribution in [-0.2, 0) is 4.79 Å². The van der Waals surface area contributed by atoms with Crippen LogP contribution in [0.25, 0.3) is 0 Å². The minimum Gasteiger partial charge on any atom is -0.481 e. The molecule has 0 atom stereocenters. The number of amides is 1. The van der Waals surface area contributed by atoms with Gasteiger partial charge in [0.25, 0.3) is 5.91 Å². The second-order valence-electron chi connectivity index (χ2n) is 4.41. The molecule has 0 bridgehead atoms. The predicted octanol–water partition coefficient (Wildman–Crippen LogP) is 5.17. The lowest BCUT2D eigenvalue weighted by atomic mass is 10.2. The molecule has 0 aliphatic heterocycles. The van der Waals surface area contributed by atoms with Crippen LogP contribution in [-0.4, -0.2) is 18.7 Å². The Bertz CT molecular complexity index is 716. The normalized spacial score (nSPS) is 11.0. The standard InChI is InChI=1S/C14H10Br4N2O3/c1-7-2-9(15)13(10(16)3-7)22-6-12(21)20-19-5-8-4-11(17)14(18)23-8/h2-5H,6H2,1H3,(H,20,21)/b19-5+. The van der Waals surface area contributed by atoms with Crippen molar-refractivity contribution in [2.45, 2.75) is 6.92 Å². The average Bonchev–Trinajstić information content (AvgIpc) is 2.76. The number of aryl methyl sites for hydroxylation is 1. The van der Waals surface area contributed by atoms with Gasteiger partial charge in [-0.2, -0.15) is 5.10 Å². The Balaban J connectivity index is 1.88. The van der Waals surface area contributed by atoms with E-state index >= 15 is 0 Å². The van der Waals surface area contributed by atoms with E-state index in [1.165, 1.54) is 6.21 Å². The Labute approximate surface area is 166 Å². The van der Waals surface area contributed by atoms with Gasteiger partial charge < -0.3 is 9.15 Å². The third kappa shape index (κ3) is 5.44. The minimum absolute atomic E-state index is 0.164. The van der Waals surface area contributed by atoms with Crippen LogP contribution in [0, 0.1) is 6.92 Å². The maximum Gasteiger partial charge on any atom is 0.277 e. The molecule has 1 aromatic carbocycles. The zero-order chi connectivity index (χ0) is 17.0. The molecule has 0 unspecified atom stereocenters. The number of furan rings is 1. The van der Waals surface area contributed by atoms with Crippen LogP contribution in [0.2, 0.25) is 0 Å². The van der Waals surface area contributed by atoms with Gasteiger partial charge in [-0.3, -0.25) is 4.79 Å². The molecule has 2 aromatic rings. The number of nitrogens with zero attached hydrogens (tertiary/aromatic N) is 1. The number of carbonyl (C=O) groups excluding carboxylic acids is 1. The summed E-state index contributed by atoms with van der Waals surface area (Å²) in [4.78, 5) is 11.7. The van der Waals surface area contributed by atoms with Gasteiger partial charge in [0.1, 0.15) is 11.5 Å². The number of hydrazone groups is 1. The highest BCUT2D eigenvalue weighted by molar-refractivity contribution is 9.13. The Morgan fingerprint density at radius 1 is 1.22 bits per heavy atom. The van der Waals surface area contributed by atoms with Gasteiger partial charge in [-0.25, -0.2) is 5.43 Å². The summed E-state index contributed by atoms with van der Waals surface area (Å²) in [5.74, 6) is 0.674. The molecule has 1 aromatic heterocycles. The third-order valence-corrected chi connectivity index (χ3v) is 5.42. The molecule has 9 heteroatoms. The van der Waals surface area contributed by atoms with E-state index in [1.54, 1.807) is 6.07 Å². The second kappa shape index (κ2) is 8.46. The molecule has 0 aliphatic carbocycles. The molecule has 0 spiro atoms. The van der Waals surface area contributed by atoms with Gasteiger partial charge in [0.2, 0.25) is 0 Å². The Morgan fingerprint density at radius 2 is 1.87 bits per heavy atom. The van der Waals surface area contributed by atoms with Crippen molar-refractivity contribution in [2.75, 3.05) is 6.61 Å². The van der Waals surface area contributed by atoms with E-state index in [0.717, 1.165) is 19.0 Å². The topological polar surface area (TPSA) is 63.8 Å². The van der Waals surface area contributed by atoms with Crippen LogP contribution in [0.5, 0.6) is 5.75 Å². The Hall–Kier alpha value is -0.640. The molecule has 0 saturated heterocycles.